The van der Waals surface area contributed by atoms with Gasteiger partial charge in [-0.3, -0.25) is 14.6 Å². The first-order valence-corrected chi connectivity index (χ1v) is 9.42. The van der Waals surface area contributed by atoms with Crippen LogP contribution in [0.15, 0.2) is 48.0 Å². The van der Waals surface area contributed by atoms with Gasteiger partial charge in [0.25, 0.3) is 0 Å². The first-order chi connectivity index (χ1) is 13.1. The van der Waals surface area contributed by atoms with E-state index in [1.807, 2.05) is 24.3 Å². The molecule has 1 fully saturated rings. The zero-order chi connectivity index (χ0) is 19.2. The van der Waals surface area contributed by atoms with Crippen molar-refractivity contribution in [2.45, 2.75) is 4.90 Å². The molecule has 1 saturated heterocycles. The summed E-state index contributed by atoms with van der Waals surface area (Å²) >= 11 is 1.67. The SMILES string of the molecule is C=CC(=O)NCC(=O)N1CCN(Sc2ccnc3c(OC)cccc23)CC1. The average Bonchev–Trinajstić information content (AvgIpc) is 2.72. The largest absolute Gasteiger partial charge is 0.494 e. The third-order valence-electron chi connectivity index (χ3n) is 4.33. The topological polar surface area (TPSA) is 74.8 Å². The Morgan fingerprint density at radius 3 is 2.78 bits per heavy atom. The van der Waals surface area contributed by atoms with E-state index in [0.717, 1.165) is 40.7 Å². The molecule has 0 bridgehead atoms. The smallest absolute Gasteiger partial charge is 0.243 e. The summed E-state index contributed by atoms with van der Waals surface area (Å²) in [5, 5.41) is 3.57. The predicted molar refractivity (Wildman–Crippen MR) is 106 cm³/mol. The van der Waals surface area contributed by atoms with Gasteiger partial charge in [-0.15, -0.1) is 0 Å². The van der Waals surface area contributed by atoms with E-state index >= 15 is 0 Å². The van der Waals surface area contributed by atoms with Crippen molar-refractivity contribution in [1.82, 2.24) is 19.5 Å². The van der Waals surface area contributed by atoms with Gasteiger partial charge in [0.15, 0.2) is 0 Å². The number of benzene rings is 1. The fraction of sp³-hybridized carbons (Fsp3) is 0.316. The Balaban J connectivity index is 1.60. The summed E-state index contributed by atoms with van der Waals surface area (Å²) in [6.45, 7) is 6.13. The molecule has 0 aliphatic carbocycles. The third kappa shape index (κ3) is 4.58. The number of carbonyl (C=O) groups excluding carboxylic acids is 2. The zero-order valence-corrected chi connectivity index (χ0v) is 16.0. The lowest BCUT2D eigenvalue weighted by Crippen LogP contribution is -2.49. The lowest BCUT2D eigenvalue weighted by atomic mass is 10.2. The molecule has 2 heterocycles. The average molecular weight is 386 g/mol. The lowest BCUT2D eigenvalue weighted by molar-refractivity contribution is -0.133. The van der Waals surface area contributed by atoms with Crippen molar-refractivity contribution in [2.75, 3.05) is 39.8 Å². The van der Waals surface area contributed by atoms with Crippen molar-refractivity contribution in [1.29, 1.82) is 0 Å². The van der Waals surface area contributed by atoms with Gasteiger partial charge in [0.2, 0.25) is 11.8 Å². The summed E-state index contributed by atoms with van der Waals surface area (Å²) < 4.78 is 7.63. The minimum Gasteiger partial charge on any atom is -0.494 e. The van der Waals surface area contributed by atoms with Gasteiger partial charge < -0.3 is 15.0 Å². The molecule has 2 amide bonds. The summed E-state index contributed by atoms with van der Waals surface area (Å²) in [7, 11) is 1.64. The Kier molecular flexibility index (Phi) is 6.31. The van der Waals surface area contributed by atoms with Crippen molar-refractivity contribution in [2.24, 2.45) is 0 Å². The molecule has 1 aliphatic rings. The van der Waals surface area contributed by atoms with E-state index in [4.69, 9.17) is 4.74 Å². The van der Waals surface area contributed by atoms with Crippen molar-refractivity contribution >= 4 is 34.7 Å². The van der Waals surface area contributed by atoms with Gasteiger partial charge in [0, 0.05) is 42.7 Å². The van der Waals surface area contributed by atoms with Crippen LogP contribution in [0.4, 0.5) is 0 Å². The van der Waals surface area contributed by atoms with Gasteiger partial charge in [-0.25, -0.2) is 4.31 Å². The highest BCUT2D eigenvalue weighted by molar-refractivity contribution is 7.97. The number of rotatable bonds is 6. The second-order valence-electron chi connectivity index (χ2n) is 5.99. The minimum absolute atomic E-state index is 0.00673. The molecule has 8 heteroatoms. The Hall–Kier alpha value is -2.58. The second-order valence-corrected chi connectivity index (χ2v) is 7.13. The van der Waals surface area contributed by atoms with Crippen LogP contribution in [-0.4, -0.2) is 65.8 Å². The molecular formula is C19H22N4O3S. The van der Waals surface area contributed by atoms with E-state index < -0.39 is 0 Å². The van der Waals surface area contributed by atoms with E-state index in [2.05, 4.69) is 21.2 Å². The fourth-order valence-electron chi connectivity index (χ4n) is 2.88. The maximum Gasteiger partial charge on any atom is 0.243 e. The van der Waals surface area contributed by atoms with Crippen molar-refractivity contribution in [3.63, 3.8) is 0 Å². The van der Waals surface area contributed by atoms with Gasteiger partial charge in [0.05, 0.1) is 13.7 Å². The number of carbonyl (C=O) groups is 2. The van der Waals surface area contributed by atoms with E-state index in [-0.39, 0.29) is 18.4 Å². The molecule has 7 nitrogen and oxygen atoms in total. The van der Waals surface area contributed by atoms with Crippen molar-refractivity contribution in [3.05, 3.63) is 43.1 Å². The molecule has 1 N–H and O–H groups in total. The molecule has 0 atom stereocenters. The summed E-state index contributed by atoms with van der Waals surface area (Å²) in [4.78, 5) is 30.7. The highest BCUT2D eigenvalue weighted by Crippen LogP contribution is 2.33. The molecule has 1 aromatic carbocycles. The Bertz CT molecular complexity index is 850. The van der Waals surface area contributed by atoms with Crippen LogP contribution in [0.2, 0.25) is 0 Å². The Morgan fingerprint density at radius 2 is 2.07 bits per heavy atom. The maximum atomic E-state index is 12.2. The molecule has 1 aromatic heterocycles. The van der Waals surface area contributed by atoms with Gasteiger partial charge >= 0.3 is 0 Å². The van der Waals surface area contributed by atoms with Crippen molar-refractivity contribution < 1.29 is 14.3 Å². The molecule has 2 aromatic rings. The third-order valence-corrected chi connectivity index (χ3v) is 5.51. The number of methoxy groups -OCH3 is 1. The van der Waals surface area contributed by atoms with E-state index in [1.165, 1.54) is 0 Å². The quantitative estimate of drug-likeness (QED) is 0.602. The van der Waals surface area contributed by atoms with Gasteiger partial charge in [-0.1, -0.05) is 18.7 Å². The van der Waals surface area contributed by atoms with Crippen LogP contribution in [0, 0.1) is 0 Å². The number of piperazine rings is 1. The number of nitrogens with zero attached hydrogens (tertiary/aromatic N) is 3. The van der Waals surface area contributed by atoms with Crippen LogP contribution in [0.3, 0.4) is 0 Å². The number of pyridine rings is 1. The summed E-state index contributed by atoms with van der Waals surface area (Å²) in [5.41, 5.74) is 0.844. The summed E-state index contributed by atoms with van der Waals surface area (Å²) in [5.74, 6) is 0.346. The number of hydrogen-bond donors (Lipinski definition) is 1. The Labute approximate surface area is 162 Å². The minimum atomic E-state index is -0.336. The number of ether oxygens (including phenoxy) is 1. The van der Waals surface area contributed by atoms with Crippen LogP contribution in [0.25, 0.3) is 10.9 Å². The molecule has 0 spiro atoms. The summed E-state index contributed by atoms with van der Waals surface area (Å²) in [6, 6.07) is 7.89. The number of amides is 2. The maximum absolute atomic E-state index is 12.2. The number of fused-ring (bicyclic) bond motifs is 1. The zero-order valence-electron chi connectivity index (χ0n) is 15.2. The molecule has 142 valence electrons. The van der Waals surface area contributed by atoms with Crippen molar-refractivity contribution in [3.8, 4) is 5.75 Å². The molecule has 0 saturated carbocycles. The second kappa shape index (κ2) is 8.88. The fourth-order valence-corrected chi connectivity index (χ4v) is 3.89. The van der Waals surface area contributed by atoms with Crippen LogP contribution >= 0.6 is 11.9 Å². The Morgan fingerprint density at radius 1 is 1.30 bits per heavy atom. The molecule has 3 rings (SSSR count). The van der Waals surface area contributed by atoms with E-state index in [1.54, 1.807) is 30.2 Å². The molecule has 0 radical (unpaired) electrons. The first-order valence-electron chi connectivity index (χ1n) is 8.65. The number of aromatic nitrogens is 1. The van der Waals surface area contributed by atoms with Gasteiger partial charge in [-0.2, -0.15) is 0 Å². The molecule has 1 aliphatic heterocycles. The van der Waals surface area contributed by atoms with Crippen LogP contribution < -0.4 is 10.1 Å². The number of nitrogens with one attached hydrogen (secondary N) is 1. The van der Waals surface area contributed by atoms with Crippen LogP contribution in [0.1, 0.15) is 0 Å². The standard InChI is InChI=1S/C19H22N4O3S/c1-3-17(24)21-13-18(25)22-9-11-23(12-10-22)27-16-7-8-20-19-14(16)5-4-6-15(19)26-2/h3-8H,1,9-13H2,2H3,(H,21,24). The highest BCUT2D eigenvalue weighted by atomic mass is 32.2. The molecular weight excluding hydrogens is 364 g/mol. The van der Waals surface area contributed by atoms with Crippen LogP contribution in [-0.2, 0) is 9.59 Å². The van der Waals surface area contributed by atoms with E-state index in [9.17, 15) is 9.59 Å². The number of para-hydroxylation sites is 1. The number of hydrogen-bond acceptors (Lipinski definition) is 6. The van der Waals surface area contributed by atoms with Gasteiger partial charge in [-0.05, 0) is 30.2 Å². The normalized spacial score (nSPS) is 14.8. The first kappa shape index (κ1) is 19.2. The van der Waals surface area contributed by atoms with Gasteiger partial charge in [0.1, 0.15) is 11.3 Å². The molecule has 0 unspecified atom stereocenters. The predicted octanol–water partition coefficient (Wildman–Crippen LogP) is 1.70. The highest BCUT2D eigenvalue weighted by Gasteiger charge is 2.22. The van der Waals surface area contributed by atoms with E-state index in [0.29, 0.717) is 13.1 Å². The molecule has 27 heavy (non-hydrogen) atoms. The summed E-state index contributed by atoms with van der Waals surface area (Å²) in [6.07, 6.45) is 2.95. The lowest BCUT2D eigenvalue weighted by Gasteiger charge is -2.34. The monoisotopic (exact) mass is 386 g/mol. The van der Waals surface area contributed by atoms with Crippen LogP contribution in [0.5, 0.6) is 5.75 Å².